The highest BCUT2D eigenvalue weighted by Gasteiger charge is 2.29. The molecule has 0 aromatic heterocycles. The van der Waals surface area contributed by atoms with Crippen LogP contribution in [0, 0.1) is 11.8 Å². The van der Waals surface area contributed by atoms with Crippen LogP contribution in [0.1, 0.15) is 26.2 Å². The zero-order valence-electron chi connectivity index (χ0n) is 12.7. The number of nitrogens with zero attached hydrogens (tertiary/aromatic N) is 2. The summed E-state index contributed by atoms with van der Waals surface area (Å²) in [6.07, 6.45) is 2.00. The molecule has 2 rings (SSSR count). The van der Waals surface area contributed by atoms with Gasteiger partial charge in [-0.15, -0.1) is 0 Å². The van der Waals surface area contributed by atoms with E-state index in [4.69, 9.17) is 5.11 Å². The van der Waals surface area contributed by atoms with Gasteiger partial charge in [0.1, 0.15) is 9.84 Å². The molecule has 0 aliphatic carbocycles. The number of hydrogen-bond donors (Lipinski definition) is 1. The van der Waals surface area contributed by atoms with Crippen molar-refractivity contribution in [3.8, 4) is 0 Å². The van der Waals surface area contributed by atoms with E-state index in [-0.39, 0.29) is 5.75 Å². The van der Waals surface area contributed by atoms with Gasteiger partial charge < -0.3 is 14.9 Å². The summed E-state index contributed by atoms with van der Waals surface area (Å²) in [4.78, 5) is 14.8. The third-order valence-corrected chi connectivity index (χ3v) is 6.57. The van der Waals surface area contributed by atoms with E-state index >= 15 is 0 Å². The molecule has 2 saturated heterocycles. The van der Waals surface area contributed by atoms with Crippen LogP contribution in [-0.4, -0.2) is 73.6 Å². The van der Waals surface area contributed by atoms with Gasteiger partial charge >= 0.3 is 6.09 Å². The number of hydrogen-bond acceptors (Lipinski definition) is 4. The minimum atomic E-state index is -2.87. The molecule has 1 amide bonds. The van der Waals surface area contributed by atoms with Crippen molar-refractivity contribution in [2.75, 3.05) is 44.2 Å². The quantitative estimate of drug-likeness (QED) is 0.822. The van der Waals surface area contributed by atoms with Crippen LogP contribution in [0.5, 0.6) is 0 Å². The lowest BCUT2D eigenvalue weighted by molar-refractivity contribution is 0.146. The van der Waals surface area contributed by atoms with E-state index in [0.717, 1.165) is 38.9 Å². The highest BCUT2D eigenvalue weighted by molar-refractivity contribution is 7.91. The van der Waals surface area contributed by atoms with Crippen LogP contribution >= 0.6 is 0 Å². The minimum Gasteiger partial charge on any atom is -0.465 e. The van der Waals surface area contributed by atoms with Crippen molar-refractivity contribution in [3.05, 3.63) is 0 Å². The maximum atomic E-state index is 11.7. The van der Waals surface area contributed by atoms with Crippen molar-refractivity contribution in [2.24, 2.45) is 11.8 Å². The topological polar surface area (TPSA) is 77.9 Å². The molecule has 21 heavy (non-hydrogen) atoms. The van der Waals surface area contributed by atoms with Gasteiger partial charge in [-0.05, 0) is 44.2 Å². The van der Waals surface area contributed by atoms with E-state index < -0.39 is 15.9 Å². The van der Waals surface area contributed by atoms with Crippen LogP contribution in [0.3, 0.4) is 0 Å². The maximum Gasteiger partial charge on any atom is 0.407 e. The number of piperidine rings is 1. The molecule has 0 radical (unpaired) electrons. The Morgan fingerprint density at radius 2 is 1.76 bits per heavy atom. The van der Waals surface area contributed by atoms with Gasteiger partial charge in [-0.1, -0.05) is 6.92 Å². The Labute approximate surface area is 127 Å². The van der Waals surface area contributed by atoms with Crippen LogP contribution in [0.25, 0.3) is 0 Å². The third kappa shape index (κ3) is 4.85. The molecule has 0 spiro atoms. The molecular formula is C14H26N2O4S. The Balaban J connectivity index is 1.71. The molecule has 0 saturated carbocycles. The third-order valence-electron chi connectivity index (χ3n) is 4.71. The first-order valence-electron chi connectivity index (χ1n) is 7.80. The van der Waals surface area contributed by atoms with Gasteiger partial charge in [0, 0.05) is 25.4 Å². The van der Waals surface area contributed by atoms with Crippen molar-refractivity contribution in [2.45, 2.75) is 26.2 Å². The SMILES string of the molecule is CCS(=O)(=O)CC1CCN(C[C@@H]2CCN(C(=O)O)C2)CC1. The summed E-state index contributed by atoms with van der Waals surface area (Å²) >= 11 is 0. The van der Waals surface area contributed by atoms with Crippen molar-refractivity contribution >= 4 is 15.9 Å². The lowest BCUT2D eigenvalue weighted by Crippen LogP contribution is -2.39. The molecular weight excluding hydrogens is 292 g/mol. The van der Waals surface area contributed by atoms with E-state index in [1.165, 1.54) is 4.90 Å². The lowest BCUT2D eigenvalue weighted by Gasteiger charge is -2.33. The fraction of sp³-hybridized carbons (Fsp3) is 0.929. The molecule has 0 aromatic carbocycles. The Bertz CT molecular complexity index is 458. The number of rotatable bonds is 5. The molecule has 2 fully saturated rings. The van der Waals surface area contributed by atoms with E-state index in [2.05, 4.69) is 4.90 Å². The van der Waals surface area contributed by atoms with E-state index in [0.29, 0.717) is 30.7 Å². The molecule has 1 N–H and O–H groups in total. The van der Waals surface area contributed by atoms with Gasteiger partial charge in [-0.2, -0.15) is 0 Å². The van der Waals surface area contributed by atoms with Gasteiger partial charge in [0.15, 0.2) is 0 Å². The molecule has 2 aliphatic heterocycles. The maximum absolute atomic E-state index is 11.7. The van der Waals surface area contributed by atoms with Crippen LogP contribution in [0.4, 0.5) is 4.79 Å². The molecule has 2 heterocycles. The molecule has 7 heteroatoms. The molecule has 0 unspecified atom stereocenters. The molecule has 122 valence electrons. The van der Waals surface area contributed by atoms with Crippen molar-refractivity contribution in [3.63, 3.8) is 0 Å². The first kappa shape index (κ1) is 16.5. The van der Waals surface area contributed by atoms with Gasteiger partial charge in [-0.25, -0.2) is 13.2 Å². The highest BCUT2D eigenvalue weighted by Crippen LogP contribution is 2.23. The summed E-state index contributed by atoms with van der Waals surface area (Å²) in [6, 6.07) is 0. The smallest absolute Gasteiger partial charge is 0.407 e. The van der Waals surface area contributed by atoms with Gasteiger partial charge in [0.25, 0.3) is 0 Å². The standard InChI is InChI=1S/C14H26N2O4S/c1-2-21(19,20)11-12-3-6-15(7-4-12)9-13-5-8-16(10-13)14(17)18/h12-13H,2-11H2,1H3,(H,17,18)/t13-/m0/s1. The van der Waals surface area contributed by atoms with Crippen LogP contribution in [-0.2, 0) is 9.84 Å². The number of carbonyl (C=O) groups is 1. The fourth-order valence-corrected chi connectivity index (χ4v) is 4.62. The fourth-order valence-electron chi connectivity index (χ4n) is 3.33. The number of amides is 1. The first-order valence-corrected chi connectivity index (χ1v) is 9.62. The van der Waals surface area contributed by atoms with E-state index in [9.17, 15) is 13.2 Å². The van der Waals surface area contributed by atoms with Gasteiger partial charge in [0.05, 0.1) is 5.75 Å². The predicted molar refractivity (Wildman–Crippen MR) is 81.2 cm³/mol. The zero-order chi connectivity index (χ0) is 15.5. The summed E-state index contributed by atoms with van der Waals surface area (Å²) < 4.78 is 23.3. The van der Waals surface area contributed by atoms with Crippen LogP contribution < -0.4 is 0 Å². The monoisotopic (exact) mass is 318 g/mol. The first-order chi connectivity index (χ1) is 9.89. The highest BCUT2D eigenvalue weighted by atomic mass is 32.2. The van der Waals surface area contributed by atoms with E-state index in [1.807, 2.05) is 0 Å². The Morgan fingerprint density at radius 3 is 2.29 bits per heavy atom. The molecule has 0 bridgehead atoms. The normalized spacial score (nSPS) is 25.4. The van der Waals surface area contributed by atoms with Crippen molar-refractivity contribution in [1.29, 1.82) is 0 Å². The Morgan fingerprint density at radius 1 is 1.14 bits per heavy atom. The molecule has 2 aliphatic rings. The number of likely N-dealkylation sites (tertiary alicyclic amines) is 2. The zero-order valence-corrected chi connectivity index (χ0v) is 13.5. The summed E-state index contributed by atoms with van der Waals surface area (Å²) in [5.74, 6) is 1.29. The summed E-state index contributed by atoms with van der Waals surface area (Å²) in [5, 5.41) is 8.96. The van der Waals surface area contributed by atoms with E-state index in [1.54, 1.807) is 6.92 Å². The second-order valence-corrected chi connectivity index (χ2v) is 8.72. The lowest BCUT2D eigenvalue weighted by atomic mass is 9.97. The average molecular weight is 318 g/mol. The second-order valence-electron chi connectivity index (χ2n) is 6.33. The van der Waals surface area contributed by atoms with Gasteiger partial charge in [0.2, 0.25) is 0 Å². The average Bonchev–Trinajstić information content (AvgIpc) is 2.89. The largest absolute Gasteiger partial charge is 0.465 e. The number of sulfone groups is 1. The number of carboxylic acid groups (broad SMARTS) is 1. The Kier molecular flexibility index (Phi) is 5.48. The van der Waals surface area contributed by atoms with Crippen molar-refractivity contribution < 1.29 is 18.3 Å². The molecule has 6 nitrogen and oxygen atoms in total. The molecule has 1 atom stereocenters. The van der Waals surface area contributed by atoms with Crippen molar-refractivity contribution in [1.82, 2.24) is 9.80 Å². The summed E-state index contributed by atoms with van der Waals surface area (Å²) in [5.41, 5.74) is 0. The van der Waals surface area contributed by atoms with Gasteiger partial charge in [-0.3, -0.25) is 0 Å². The Hall–Kier alpha value is -0.820. The summed E-state index contributed by atoms with van der Waals surface area (Å²) in [7, 11) is -2.87. The van der Waals surface area contributed by atoms with Crippen LogP contribution in [0.2, 0.25) is 0 Å². The summed E-state index contributed by atoms with van der Waals surface area (Å²) in [6.45, 7) is 5.81. The minimum absolute atomic E-state index is 0.236. The van der Waals surface area contributed by atoms with Crippen LogP contribution in [0.15, 0.2) is 0 Å². The predicted octanol–water partition coefficient (Wildman–Crippen LogP) is 1.13. The molecule has 0 aromatic rings. The second kappa shape index (κ2) is 6.96.